The van der Waals surface area contributed by atoms with Crippen LogP contribution in [0.25, 0.3) is 6.08 Å². The van der Waals surface area contributed by atoms with Crippen LogP contribution in [0.1, 0.15) is 36.6 Å². The maximum absolute atomic E-state index is 13.9. The summed E-state index contributed by atoms with van der Waals surface area (Å²) in [6.45, 7) is 4.14. The summed E-state index contributed by atoms with van der Waals surface area (Å²) in [5.74, 6) is 1.64. The Morgan fingerprint density at radius 3 is 2.38 bits per heavy atom. The molecular weight excluding hydrogens is 620 g/mol. The molecule has 10 heteroatoms. The molecule has 42 heavy (non-hydrogen) atoms. The maximum atomic E-state index is 13.9. The number of rotatable bonds is 9. The topological polar surface area (TPSA) is 88.4 Å². The van der Waals surface area contributed by atoms with Crippen molar-refractivity contribution < 1.29 is 23.7 Å². The number of hydrogen-bond acceptors (Lipinski definition) is 8. The highest BCUT2D eigenvalue weighted by Crippen LogP contribution is 2.35. The van der Waals surface area contributed by atoms with Crippen LogP contribution in [0.15, 0.2) is 92.3 Å². The first-order valence-electron chi connectivity index (χ1n) is 13.2. The number of halogens is 1. The molecule has 1 atom stereocenters. The van der Waals surface area contributed by atoms with Crippen LogP contribution in [-0.4, -0.2) is 31.4 Å². The van der Waals surface area contributed by atoms with Gasteiger partial charge >= 0.3 is 5.97 Å². The molecule has 0 saturated carbocycles. The number of aromatic nitrogens is 1. The molecule has 1 aliphatic rings. The highest BCUT2D eigenvalue weighted by Gasteiger charge is 2.33. The van der Waals surface area contributed by atoms with Gasteiger partial charge in [-0.2, -0.15) is 0 Å². The third kappa shape index (κ3) is 6.05. The summed E-state index contributed by atoms with van der Waals surface area (Å²) < 4.78 is 24.6. The van der Waals surface area contributed by atoms with E-state index in [1.165, 1.54) is 11.3 Å². The Balaban J connectivity index is 1.48. The first kappa shape index (κ1) is 29.3. The van der Waals surface area contributed by atoms with E-state index in [1.54, 1.807) is 38.7 Å². The molecule has 4 aromatic rings. The molecule has 0 radical (unpaired) electrons. The first-order chi connectivity index (χ1) is 20.3. The van der Waals surface area contributed by atoms with Gasteiger partial charge in [0.2, 0.25) is 0 Å². The van der Waals surface area contributed by atoms with Gasteiger partial charge in [0.25, 0.3) is 5.56 Å². The van der Waals surface area contributed by atoms with E-state index in [4.69, 9.17) is 18.9 Å². The van der Waals surface area contributed by atoms with E-state index < -0.39 is 12.0 Å². The van der Waals surface area contributed by atoms with Crippen molar-refractivity contribution in [3.8, 4) is 17.2 Å². The van der Waals surface area contributed by atoms with Crippen LogP contribution in [-0.2, 0) is 16.1 Å². The number of ether oxygens (including phenoxy) is 4. The van der Waals surface area contributed by atoms with Gasteiger partial charge in [0.1, 0.15) is 23.9 Å². The molecule has 216 valence electrons. The summed E-state index contributed by atoms with van der Waals surface area (Å²) in [7, 11) is 3.21. The van der Waals surface area contributed by atoms with E-state index in [2.05, 4.69) is 20.9 Å². The van der Waals surface area contributed by atoms with Crippen molar-refractivity contribution in [2.45, 2.75) is 26.5 Å². The van der Waals surface area contributed by atoms with Gasteiger partial charge in [-0.3, -0.25) is 9.36 Å². The number of esters is 1. The van der Waals surface area contributed by atoms with Gasteiger partial charge in [-0.1, -0.05) is 41.7 Å². The fourth-order valence-corrected chi connectivity index (χ4v) is 6.26. The standard InChI is InChI=1S/C32H29BrN2O6S/c1-5-40-31(37)28-19(2)34-32-35(29(28)22-10-15-26(39-4)25(33)17-22)30(36)27(42-32)16-20-6-13-24(14-7-20)41-18-21-8-11-23(38-3)12-9-21/h6-17,29H,5,18H2,1-4H3/b27-16+/t29-/m1/s1. The molecule has 0 fully saturated rings. The SMILES string of the molecule is CCOC(=O)C1=C(C)N=c2s/c(=C/c3ccc(OCc4ccc(OC)cc4)cc3)c(=O)n2[C@@H]1c1ccc(OC)c(Br)c1. The summed E-state index contributed by atoms with van der Waals surface area (Å²) in [4.78, 5) is 32.1. The van der Waals surface area contributed by atoms with E-state index in [-0.39, 0.29) is 12.2 Å². The minimum Gasteiger partial charge on any atom is -0.497 e. The van der Waals surface area contributed by atoms with Crippen LogP contribution in [0.4, 0.5) is 0 Å². The minimum atomic E-state index is -0.710. The summed E-state index contributed by atoms with van der Waals surface area (Å²) in [6, 6.07) is 20.0. The van der Waals surface area contributed by atoms with Crippen LogP contribution in [0, 0.1) is 0 Å². The van der Waals surface area contributed by atoms with E-state index in [1.807, 2.05) is 66.7 Å². The molecule has 8 nitrogen and oxygen atoms in total. The number of fused-ring (bicyclic) bond motifs is 1. The molecular formula is C32H29BrN2O6S. The Morgan fingerprint density at radius 1 is 1.02 bits per heavy atom. The molecule has 2 heterocycles. The lowest BCUT2D eigenvalue weighted by atomic mass is 9.96. The van der Waals surface area contributed by atoms with Crippen LogP contribution in [0.2, 0.25) is 0 Å². The van der Waals surface area contributed by atoms with Crippen LogP contribution in [0.5, 0.6) is 17.2 Å². The number of thiazole rings is 1. The second-order valence-electron chi connectivity index (χ2n) is 9.40. The lowest BCUT2D eigenvalue weighted by molar-refractivity contribution is -0.139. The number of nitrogens with zero attached hydrogens (tertiary/aromatic N) is 2. The van der Waals surface area contributed by atoms with Crippen molar-refractivity contribution in [3.05, 3.63) is 119 Å². The van der Waals surface area contributed by atoms with Crippen LogP contribution >= 0.6 is 27.3 Å². The van der Waals surface area contributed by atoms with Crippen molar-refractivity contribution in [1.82, 2.24) is 4.57 Å². The van der Waals surface area contributed by atoms with Gasteiger partial charge < -0.3 is 18.9 Å². The quantitative estimate of drug-likeness (QED) is 0.233. The second kappa shape index (κ2) is 12.8. The van der Waals surface area contributed by atoms with Crippen molar-refractivity contribution in [2.75, 3.05) is 20.8 Å². The van der Waals surface area contributed by atoms with Gasteiger partial charge in [0, 0.05) is 0 Å². The lowest BCUT2D eigenvalue weighted by Crippen LogP contribution is -2.39. The molecule has 1 aliphatic heterocycles. The third-order valence-electron chi connectivity index (χ3n) is 6.75. The fourth-order valence-electron chi connectivity index (χ4n) is 4.66. The molecule has 0 bridgehead atoms. The van der Waals surface area contributed by atoms with Gasteiger partial charge in [0.05, 0.1) is 47.1 Å². The van der Waals surface area contributed by atoms with Crippen molar-refractivity contribution in [3.63, 3.8) is 0 Å². The zero-order valence-electron chi connectivity index (χ0n) is 23.5. The fraction of sp³-hybridized carbons (Fsp3) is 0.219. The Hall–Kier alpha value is -4.15. The maximum Gasteiger partial charge on any atom is 0.338 e. The zero-order chi connectivity index (χ0) is 29.8. The Kier molecular flexibility index (Phi) is 8.94. The predicted molar refractivity (Wildman–Crippen MR) is 165 cm³/mol. The molecule has 0 aliphatic carbocycles. The van der Waals surface area contributed by atoms with Crippen LogP contribution in [0.3, 0.4) is 0 Å². The average Bonchev–Trinajstić information content (AvgIpc) is 3.30. The van der Waals surface area contributed by atoms with Crippen LogP contribution < -0.4 is 29.1 Å². The number of hydrogen-bond donors (Lipinski definition) is 0. The summed E-state index contributed by atoms with van der Waals surface area (Å²) >= 11 is 4.81. The molecule has 1 aromatic heterocycles. The van der Waals surface area contributed by atoms with Crippen molar-refractivity contribution in [2.24, 2.45) is 4.99 Å². The van der Waals surface area contributed by atoms with Gasteiger partial charge in [-0.15, -0.1) is 0 Å². The van der Waals surface area contributed by atoms with Gasteiger partial charge in [-0.25, -0.2) is 9.79 Å². The number of carbonyl (C=O) groups excluding carboxylic acids is 1. The van der Waals surface area contributed by atoms with Gasteiger partial charge in [0.15, 0.2) is 4.80 Å². The Morgan fingerprint density at radius 2 is 1.74 bits per heavy atom. The molecule has 0 amide bonds. The van der Waals surface area contributed by atoms with Gasteiger partial charge in [-0.05, 0) is 88.9 Å². The number of allylic oxidation sites excluding steroid dienone is 1. The lowest BCUT2D eigenvalue weighted by Gasteiger charge is -2.25. The van der Waals surface area contributed by atoms with E-state index in [0.717, 1.165) is 22.4 Å². The highest BCUT2D eigenvalue weighted by atomic mass is 79.9. The predicted octanol–water partition coefficient (Wildman–Crippen LogP) is 5.16. The minimum absolute atomic E-state index is 0.207. The monoisotopic (exact) mass is 648 g/mol. The molecule has 0 saturated heterocycles. The summed E-state index contributed by atoms with van der Waals surface area (Å²) in [5.41, 5.74) is 3.18. The zero-order valence-corrected chi connectivity index (χ0v) is 26.0. The molecule has 5 rings (SSSR count). The highest BCUT2D eigenvalue weighted by molar-refractivity contribution is 9.10. The first-order valence-corrected chi connectivity index (χ1v) is 14.8. The third-order valence-corrected chi connectivity index (χ3v) is 8.35. The number of methoxy groups -OCH3 is 2. The average molecular weight is 650 g/mol. The molecule has 0 spiro atoms. The Bertz CT molecular complexity index is 1820. The second-order valence-corrected chi connectivity index (χ2v) is 11.3. The number of carbonyl (C=O) groups is 1. The largest absolute Gasteiger partial charge is 0.497 e. The summed E-state index contributed by atoms with van der Waals surface area (Å²) in [5, 5.41) is 0. The van der Waals surface area contributed by atoms with Crippen molar-refractivity contribution >= 4 is 39.3 Å². The normalized spacial score (nSPS) is 14.7. The van der Waals surface area contributed by atoms with E-state index >= 15 is 0 Å². The smallest absolute Gasteiger partial charge is 0.338 e. The summed E-state index contributed by atoms with van der Waals surface area (Å²) in [6.07, 6.45) is 1.82. The molecule has 0 unspecified atom stereocenters. The van der Waals surface area contributed by atoms with E-state index in [0.29, 0.717) is 43.2 Å². The number of benzene rings is 3. The Labute approximate surface area is 255 Å². The molecule has 3 aromatic carbocycles. The molecule has 0 N–H and O–H groups in total. The van der Waals surface area contributed by atoms with E-state index in [9.17, 15) is 9.59 Å². The van der Waals surface area contributed by atoms with Crippen molar-refractivity contribution in [1.29, 1.82) is 0 Å².